The van der Waals surface area contributed by atoms with Crippen LogP contribution in [0.1, 0.15) is 45.0 Å². The first kappa shape index (κ1) is 14.0. The fourth-order valence-corrected chi connectivity index (χ4v) is 2.05. The van der Waals surface area contributed by atoms with Gasteiger partial charge in [-0.2, -0.15) is 0 Å². The summed E-state index contributed by atoms with van der Waals surface area (Å²) in [6.07, 6.45) is 4.46. The first-order chi connectivity index (χ1) is 8.90. The number of imidazole rings is 1. The van der Waals surface area contributed by atoms with Crippen LogP contribution in [-0.2, 0) is 18.4 Å². The molecule has 0 amide bonds. The number of aromatic nitrogens is 4. The Hall–Kier alpha value is -1.42. The molecule has 0 saturated carbocycles. The van der Waals surface area contributed by atoms with Crippen molar-refractivity contribution in [1.29, 1.82) is 0 Å². The molecule has 0 saturated heterocycles. The van der Waals surface area contributed by atoms with Crippen molar-refractivity contribution in [2.24, 2.45) is 0 Å². The van der Waals surface area contributed by atoms with Crippen molar-refractivity contribution < 1.29 is 0 Å². The van der Waals surface area contributed by atoms with Crippen molar-refractivity contribution >= 4 is 11.6 Å². The van der Waals surface area contributed by atoms with Crippen LogP contribution < -0.4 is 0 Å². The molecule has 2 aromatic rings. The summed E-state index contributed by atoms with van der Waals surface area (Å²) in [4.78, 5) is 13.3. The van der Waals surface area contributed by atoms with Crippen molar-refractivity contribution in [1.82, 2.24) is 19.5 Å². The molecule has 0 aliphatic heterocycles. The second-order valence-corrected chi connectivity index (χ2v) is 5.95. The molecule has 2 rings (SSSR count). The lowest BCUT2D eigenvalue weighted by Crippen LogP contribution is -2.17. The van der Waals surface area contributed by atoms with Crippen LogP contribution in [0.4, 0.5) is 0 Å². The highest BCUT2D eigenvalue weighted by Gasteiger charge is 2.19. The smallest absolute Gasteiger partial charge is 0.135 e. The predicted molar refractivity (Wildman–Crippen MR) is 76.4 cm³/mol. The summed E-state index contributed by atoms with van der Waals surface area (Å²) in [5, 5.41) is 0.490. The van der Waals surface area contributed by atoms with E-state index in [0.29, 0.717) is 11.6 Å². The molecular weight excluding hydrogens is 260 g/mol. The van der Waals surface area contributed by atoms with Gasteiger partial charge in [-0.05, 0) is 13.0 Å². The second-order valence-electron chi connectivity index (χ2n) is 5.56. The Labute approximate surface area is 118 Å². The van der Waals surface area contributed by atoms with E-state index in [4.69, 9.17) is 11.6 Å². The molecule has 0 bridgehead atoms. The highest BCUT2D eigenvalue weighted by molar-refractivity contribution is 6.29. The van der Waals surface area contributed by atoms with E-state index in [2.05, 4.69) is 47.2 Å². The Kier molecular flexibility index (Phi) is 3.90. The van der Waals surface area contributed by atoms with Gasteiger partial charge in [0, 0.05) is 30.8 Å². The Balaban J connectivity index is 2.33. The largest absolute Gasteiger partial charge is 0.335 e. The summed E-state index contributed by atoms with van der Waals surface area (Å²) in [7, 11) is 0. The van der Waals surface area contributed by atoms with E-state index in [1.165, 1.54) is 0 Å². The van der Waals surface area contributed by atoms with Crippen LogP contribution >= 0.6 is 11.6 Å². The molecule has 0 atom stereocenters. The van der Waals surface area contributed by atoms with Gasteiger partial charge < -0.3 is 4.57 Å². The molecular formula is C14H19ClN4. The lowest BCUT2D eigenvalue weighted by molar-refractivity contribution is 0.541. The van der Waals surface area contributed by atoms with Gasteiger partial charge in [0.2, 0.25) is 0 Å². The van der Waals surface area contributed by atoms with Crippen LogP contribution in [0.15, 0.2) is 18.5 Å². The van der Waals surface area contributed by atoms with Gasteiger partial charge in [0.05, 0.1) is 5.69 Å². The molecule has 0 aliphatic carbocycles. The van der Waals surface area contributed by atoms with Crippen LogP contribution in [0.3, 0.4) is 0 Å². The van der Waals surface area contributed by atoms with Gasteiger partial charge in [-0.1, -0.05) is 32.4 Å². The summed E-state index contributed by atoms with van der Waals surface area (Å²) in [6, 6.07) is 1.81. The standard InChI is InChI=1S/C14H19ClN4/c1-5-19-7-6-16-12(19)9-10-8-11(15)18-13(17-10)14(2,3)4/h6-8H,5,9H2,1-4H3. The monoisotopic (exact) mass is 278 g/mol. The van der Waals surface area contributed by atoms with Crippen LogP contribution in [0, 0.1) is 0 Å². The fraction of sp³-hybridized carbons (Fsp3) is 0.500. The van der Waals surface area contributed by atoms with Gasteiger partial charge in [-0.25, -0.2) is 15.0 Å². The topological polar surface area (TPSA) is 43.6 Å². The van der Waals surface area contributed by atoms with Gasteiger partial charge >= 0.3 is 0 Å². The summed E-state index contributed by atoms with van der Waals surface area (Å²) in [6.45, 7) is 9.24. The quantitative estimate of drug-likeness (QED) is 0.810. The first-order valence-corrected chi connectivity index (χ1v) is 6.82. The molecule has 102 valence electrons. The second kappa shape index (κ2) is 5.29. The molecule has 0 spiro atoms. The van der Waals surface area contributed by atoms with Crippen LogP contribution in [-0.4, -0.2) is 19.5 Å². The SMILES string of the molecule is CCn1ccnc1Cc1cc(Cl)nc(C(C)(C)C)n1. The van der Waals surface area contributed by atoms with E-state index < -0.39 is 0 Å². The Morgan fingerprint density at radius 2 is 2.00 bits per heavy atom. The highest BCUT2D eigenvalue weighted by atomic mass is 35.5. The summed E-state index contributed by atoms with van der Waals surface area (Å²) >= 11 is 6.09. The number of hydrogen-bond donors (Lipinski definition) is 0. The Morgan fingerprint density at radius 3 is 2.63 bits per heavy atom. The van der Waals surface area contributed by atoms with E-state index in [0.717, 1.165) is 23.9 Å². The summed E-state index contributed by atoms with van der Waals surface area (Å²) in [5.41, 5.74) is 0.797. The Bertz CT molecular complexity index is 569. The number of hydrogen-bond acceptors (Lipinski definition) is 3. The predicted octanol–water partition coefficient (Wildman–Crippen LogP) is 3.23. The maximum absolute atomic E-state index is 6.09. The molecule has 0 unspecified atom stereocenters. The lowest BCUT2D eigenvalue weighted by Gasteiger charge is -2.17. The molecule has 4 nitrogen and oxygen atoms in total. The minimum Gasteiger partial charge on any atom is -0.335 e. The molecule has 0 aliphatic rings. The average molecular weight is 279 g/mol. The van der Waals surface area contributed by atoms with Crippen LogP contribution in [0.5, 0.6) is 0 Å². The van der Waals surface area contributed by atoms with Crippen molar-refractivity contribution in [3.63, 3.8) is 0 Å². The zero-order valence-corrected chi connectivity index (χ0v) is 12.6. The normalized spacial score (nSPS) is 11.8. The molecule has 0 fully saturated rings. The van der Waals surface area contributed by atoms with Crippen molar-refractivity contribution in [3.8, 4) is 0 Å². The van der Waals surface area contributed by atoms with E-state index >= 15 is 0 Å². The third kappa shape index (κ3) is 3.32. The van der Waals surface area contributed by atoms with E-state index in [9.17, 15) is 0 Å². The molecule has 2 heterocycles. The number of rotatable bonds is 3. The number of halogens is 1. The summed E-state index contributed by atoms with van der Waals surface area (Å²) < 4.78 is 2.10. The first-order valence-electron chi connectivity index (χ1n) is 6.44. The third-order valence-corrected chi connectivity index (χ3v) is 3.09. The van der Waals surface area contributed by atoms with Gasteiger partial charge in [0.25, 0.3) is 0 Å². The van der Waals surface area contributed by atoms with E-state index in [1.54, 1.807) is 0 Å². The lowest BCUT2D eigenvalue weighted by atomic mass is 9.95. The number of aryl methyl sites for hydroxylation is 1. The molecule has 19 heavy (non-hydrogen) atoms. The highest BCUT2D eigenvalue weighted by Crippen LogP contribution is 2.21. The van der Waals surface area contributed by atoms with E-state index in [-0.39, 0.29) is 5.41 Å². The van der Waals surface area contributed by atoms with Crippen LogP contribution in [0.2, 0.25) is 5.15 Å². The molecule has 0 N–H and O–H groups in total. The molecule has 0 radical (unpaired) electrons. The zero-order chi connectivity index (χ0) is 14.0. The fourth-order valence-electron chi connectivity index (χ4n) is 1.85. The minimum absolute atomic E-state index is 0.111. The average Bonchev–Trinajstić information content (AvgIpc) is 2.74. The maximum Gasteiger partial charge on any atom is 0.135 e. The molecule has 0 aromatic carbocycles. The van der Waals surface area contributed by atoms with Crippen LogP contribution in [0.25, 0.3) is 0 Å². The number of nitrogens with zero attached hydrogens (tertiary/aromatic N) is 4. The molecule has 2 aromatic heterocycles. The third-order valence-electron chi connectivity index (χ3n) is 2.90. The van der Waals surface area contributed by atoms with Crippen molar-refractivity contribution in [2.75, 3.05) is 0 Å². The van der Waals surface area contributed by atoms with Gasteiger partial charge in [-0.3, -0.25) is 0 Å². The van der Waals surface area contributed by atoms with Gasteiger partial charge in [0.15, 0.2) is 0 Å². The van der Waals surface area contributed by atoms with Gasteiger partial charge in [0.1, 0.15) is 16.8 Å². The zero-order valence-electron chi connectivity index (χ0n) is 11.8. The van der Waals surface area contributed by atoms with Gasteiger partial charge in [-0.15, -0.1) is 0 Å². The maximum atomic E-state index is 6.09. The van der Waals surface area contributed by atoms with E-state index in [1.807, 2.05) is 18.5 Å². The molecule has 5 heteroatoms. The van der Waals surface area contributed by atoms with Crippen molar-refractivity contribution in [2.45, 2.75) is 46.1 Å². The Morgan fingerprint density at radius 1 is 1.26 bits per heavy atom. The van der Waals surface area contributed by atoms with Crippen molar-refractivity contribution in [3.05, 3.63) is 41.0 Å². The summed E-state index contributed by atoms with van der Waals surface area (Å²) in [5.74, 6) is 1.77. The minimum atomic E-state index is -0.111.